The van der Waals surface area contributed by atoms with Gasteiger partial charge in [0.1, 0.15) is 10.6 Å². The van der Waals surface area contributed by atoms with Crippen LogP contribution in [0.5, 0.6) is 5.75 Å². The number of ether oxygens (including phenoxy) is 1. The predicted octanol–water partition coefficient (Wildman–Crippen LogP) is 4.42. The molecule has 124 valence electrons. The highest BCUT2D eigenvalue weighted by Crippen LogP contribution is 2.30. The Bertz CT molecular complexity index is 901. The summed E-state index contributed by atoms with van der Waals surface area (Å²) in [5, 5.41) is 3.30. The van der Waals surface area contributed by atoms with Crippen molar-refractivity contribution in [3.63, 3.8) is 0 Å². The number of nitrogens with zero attached hydrogens (tertiary/aromatic N) is 1. The molecule has 0 atom stereocenters. The molecule has 2 heterocycles. The summed E-state index contributed by atoms with van der Waals surface area (Å²) in [4.78, 5) is 17.3. The number of hydrogen-bond acceptors (Lipinski definition) is 5. The number of anilines is 1. The number of aromatic nitrogens is 1. The molecular weight excluding hydrogens is 331 g/mol. The van der Waals surface area contributed by atoms with Crippen LogP contribution < -0.4 is 10.1 Å². The Morgan fingerprint density at radius 1 is 1.29 bits per heavy atom. The van der Waals surface area contributed by atoms with Crippen molar-refractivity contribution in [3.8, 4) is 16.5 Å². The van der Waals surface area contributed by atoms with E-state index in [4.69, 9.17) is 9.15 Å². The zero-order valence-electron chi connectivity index (χ0n) is 13.3. The number of methoxy groups -OCH3 is 1. The Kier molecular flexibility index (Phi) is 4.35. The quantitative estimate of drug-likeness (QED) is 0.759. The zero-order valence-corrected chi connectivity index (χ0v) is 14.2. The monoisotopic (exact) mass is 346 g/mol. The van der Waals surface area contributed by atoms with Gasteiger partial charge in [-0.3, -0.25) is 4.79 Å². The van der Waals surface area contributed by atoms with Gasteiger partial charge in [-0.1, -0.05) is 0 Å². The van der Waals surface area contributed by atoms with Crippen molar-refractivity contribution in [3.05, 3.63) is 52.5 Å². The van der Waals surface area contributed by atoms with Gasteiger partial charge in [-0.05, 0) is 38.1 Å². The fourth-order valence-corrected chi connectivity index (χ4v) is 3.12. The summed E-state index contributed by atoms with van der Waals surface area (Å²) in [6, 6.07) is 7.90. The molecule has 0 radical (unpaired) electrons. The van der Waals surface area contributed by atoms with Gasteiger partial charge < -0.3 is 14.5 Å². The van der Waals surface area contributed by atoms with Gasteiger partial charge in [0.05, 0.1) is 12.8 Å². The van der Waals surface area contributed by atoms with E-state index in [1.807, 2.05) is 19.1 Å². The summed E-state index contributed by atoms with van der Waals surface area (Å²) in [7, 11) is 1.38. The van der Waals surface area contributed by atoms with Crippen LogP contribution in [0.25, 0.3) is 10.8 Å². The van der Waals surface area contributed by atoms with Gasteiger partial charge in [0, 0.05) is 11.8 Å². The highest BCUT2D eigenvalue weighted by atomic mass is 32.1. The van der Waals surface area contributed by atoms with Crippen LogP contribution >= 0.6 is 11.3 Å². The Morgan fingerprint density at radius 2 is 2.08 bits per heavy atom. The minimum absolute atomic E-state index is 0.123. The number of amides is 1. The number of rotatable bonds is 4. The molecule has 1 N–H and O–H groups in total. The number of thiazole rings is 1. The van der Waals surface area contributed by atoms with E-state index in [1.54, 1.807) is 13.0 Å². The number of halogens is 1. The van der Waals surface area contributed by atoms with E-state index < -0.39 is 5.82 Å². The molecule has 0 spiro atoms. The summed E-state index contributed by atoms with van der Waals surface area (Å²) < 4.78 is 24.1. The first-order chi connectivity index (χ1) is 11.5. The average Bonchev–Trinajstić information content (AvgIpc) is 3.13. The number of nitrogens with one attached hydrogen (secondary N) is 1. The number of carbonyl (C=O) groups excluding carboxylic acids is 1. The summed E-state index contributed by atoms with van der Waals surface area (Å²) in [5.41, 5.74) is 0.942. The number of hydrogen-bond donors (Lipinski definition) is 1. The summed E-state index contributed by atoms with van der Waals surface area (Å²) >= 11 is 1.23. The van der Waals surface area contributed by atoms with Gasteiger partial charge in [0.25, 0.3) is 5.91 Å². The molecule has 1 aromatic carbocycles. The third-order valence-electron chi connectivity index (χ3n) is 3.36. The Labute approximate surface area is 142 Å². The zero-order chi connectivity index (χ0) is 17.3. The van der Waals surface area contributed by atoms with Crippen LogP contribution in [0.4, 0.5) is 10.1 Å². The normalized spacial score (nSPS) is 10.7. The van der Waals surface area contributed by atoms with Crippen molar-refractivity contribution in [1.29, 1.82) is 0 Å². The SMILES string of the molecule is COc1ccc(NC(=O)c2sc(-c3ccc(C)o3)nc2C)cc1F. The smallest absolute Gasteiger partial charge is 0.267 e. The minimum atomic E-state index is -0.539. The number of benzene rings is 1. The predicted molar refractivity (Wildman–Crippen MR) is 90.2 cm³/mol. The van der Waals surface area contributed by atoms with Crippen LogP contribution in [0.2, 0.25) is 0 Å². The number of furan rings is 1. The van der Waals surface area contributed by atoms with E-state index in [9.17, 15) is 9.18 Å². The van der Waals surface area contributed by atoms with E-state index in [2.05, 4.69) is 10.3 Å². The third kappa shape index (κ3) is 3.16. The van der Waals surface area contributed by atoms with Gasteiger partial charge in [0.15, 0.2) is 22.3 Å². The largest absolute Gasteiger partial charge is 0.494 e. The molecule has 0 aliphatic carbocycles. The highest BCUT2D eigenvalue weighted by Gasteiger charge is 2.18. The molecule has 0 aliphatic heterocycles. The Hall–Kier alpha value is -2.67. The lowest BCUT2D eigenvalue weighted by Crippen LogP contribution is -2.11. The molecule has 0 aliphatic rings. The molecular formula is C17H15FN2O3S. The molecule has 0 saturated carbocycles. The van der Waals surface area contributed by atoms with Crippen molar-refractivity contribution >= 4 is 22.9 Å². The van der Waals surface area contributed by atoms with Crippen molar-refractivity contribution < 1.29 is 18.3 Å². The van der Waals surface area contributed by atoms with Crippen LogP contribution in [0.1, 0.15) is 21.1 Å². The van der Waals surface area contributed by atoms with Crippen LogP contribution in [-0.2, 0) is 0 Å². The van der Waals surface area contributed by atoms with E-state index in [0.29, 0.717) is 27.0 Å². The van der Waals surface area contributed by atoms with Crippen LogP contribution in [0, 0.1) is 19.7 Å². The summed E-state index contributed by atoms with van der Waals surface area (Å²) in [6.45, 7) is 3.59. The fraction of sp³-hybridized carbons (Fsp3) is 0.176. The first kappa shape index (κ1) is 16.2. The standard InChI is InChI=1S/C17H15FN2O3S/c1-9-4-6-14(23-9)17-19-10(2)15(24-17)16(21)20-11-5-7-13(22-3)12(18)8-11/h4-8H,1-3H3,(H,20,21). The van der Waals surface area contributed by atoms with Crippen LogP contribution in [-0.4, -0.2) is 18.0 Å². The van der Waals surface area contributed by atoms with Gasteiger partial charge in [0.2, 0.25) is 0 Å². The fourth-order valence-electron chi connectivity index (χ4n) is 2.19. The Balaban J connectivity index is 1.83. The molecule has 1 amide bonds. The van der Waals surface area contributed by atoms with Gasteiger partial charge in [-0.15, -0.1) is 11.3 Å². The van der Waals surface area contributed by atoms with Crippen LogP contribution in [0.3, 0.4) is 0 Å². The molecule has 2 aromatic heterocycles. The minimum Gasteiger partial charge on any atom is -0.494 e. The molecule has 3 rings (SSSR count). The molecule has 0 saturated heterocycles. The molecule has 0 unspecified atom stereocenters. The lowest BCUT2D eigenvalue weighted by Gasteiger charge is -2.06. The summed E-state index contributed by atoms with van der Waals surface area (Å²) in [6.07, 6.45) is 0. The first-order valence-electron chi connectivity index (χ1n) is 7.17. The topological polar surface area (TPSA) is 64.4 Å². The average molecular weight is 346 g/mol. The lowest BCUT2D eigenvalue weighted by molar-refractivity contribution is 0.103. The first-order valence-corrected chi connectivity index (χ1v) is 7.98. The molecule has 3 aromatic rings. The van der Waals surface area contributed by atoms with E-state index in [-0.39, 0.29) is 11.7 Å². The van der Waals surface area contributed by atoms with E-state index in [0.717, 1.165) is 5.76 Å². The second-order valence-electron chi connectivity index (χ2n) is 5.15. The van der Waals surface area contributed by atoms with Gasteiger partial charge in [-0.2, -0.15) is 0 Å². The second kappa shape index (κ2) is 6.45. The van der Waals surface area contributed by atoms with Crippen molar-refractivity contribution in [2.24, 2.45) is 0 Å². The third-order valence-corrected chi connectivity index (χ3v) is 4.53. The second-order valence-corrected chi connectivity index (χ2v) is 6.15. The number of carbonyl (C=O) groups is 1. The highest BCUT2D eigenvalue weighted by molar-refractivity contribution is 7.17. The van der Waals surface area contributed by atoms with Gasteiger partial charge >= 0.3 is 0 Å². The number of aryl methyl sites for hydroxylation is 2. The maximum absolute atomic E-state index is 13.7. The lowest BCUT2D eigenvalue weighted by atomic mass is 10.2. The Morgan fingerprint density at radius 3 is 2.71 bits per heavy atom. The van der Waals surface area contributed by atoms with Crippen molar-refractivity contribution in [2.45, 2.75) is 13.8 Å². The van der Waals surface area contributed by atoms with E-state index >= 15 is 0 Å². The maximum atomic E-state index is 13.7. The molecule has 5 nitrogen and oxygen atoms in total. The molecule has 0 bridgehead atoms. The van der Waals surface area contributed by atoms with Crippen molar-refractivity contribution in [1.82, 2.24) is 4.98 Å². The maximum Gasteiger partial charge on any atom is 0.267 e. The van der Waals surface area contributed by atoms with Gasteiger partial charge in [-0.25, -0.2) is 9.37 Å². The molecule has 0 fully saturated rings. The molecule has 24 heavy (non-hydrogen) atoms. The summed E-state index contributed by atoms with van der Waals surface area (Å²) in [5.74, 6) is 0.636. The molecule has 7 heteroatoms. The van der Waals surface area contributed by atoms with Crippen molar-refractivity contribution in [2.75, 3.05) is 12.4 Å². The van der Waals surface area contributed by atoms with E-state index in [1.165, 1.54) is 30.6 Å². The van der Waals surface area contributed by atoms with Crippen LogP contribution in [0.15, 0.2) is 34.7 Å².